The Kier molecular flexibility index (Phi) is 5.98. The van der Waals surface area contributed by atoms with Gasteiger partial charge in [-0.3, -0.25) is 4.79 Å². The van der Waals surface area contributed by atoms with Crippen LogP contribution in [0.25, 0.3) is 5.78 Å². The normalized spacial score (nSPS) is 15.3. The lowest BCUT2D eigenvalue weighted by molar-refractivity contribution is -0.137. The van der Waals surface area contributed by atoms with Gasteiger partial charge in [0.25, 0.3) is 5.78 Å². The number of alkyl halides is 3. The average Bonchev–Trinajstić information content (AvgIpc) is 3.08. The number of carbonyl (C=O) groups excluding carboxylic acids is 1. The van der Waals surface area contributed by atoms with Gasteiger partial charge in [0, 0.05) is 50.2 Å². The van der Waals surface area contributed by atoms with E-state index in [0.29, 0.717) is 50.6 Å². The Bertz CT molecular complexity index is 1110. The number of pyridine rings is 1. The Morgan fingerprint density at radius 2 is 1.91 bits per heavy atom. The predicted octanol–water partition coefficient (Wildman–Crippen LogP) is 2.83. The minimum absolute atomic E-state index is 0.0460. The van der Waals surface area contributed by atoms with Crippen molar-refractivity contribution in [1.82, 2.24) is 29.5 Å². The summed E-state index contributed by atoms with van der Waals surface area (Å²) in [6, 6.07) is 2.43. The first-order valence-electron chi connectivity index (χ1n) is 10.5. The lowest BCUT2D eigenvalue weighted by atomic mass is 10.1. The van der Waals surface area contributed by atoms with Crippen molar-refractivity contribution in [2.75, 3.05) is 31.1 Å². The molecule has 32 heavy (non-hydrogen) atoms. The first kappa shape index (κ1) is 22.0. The average molecular weight is 447 g/mol. The topological polar surface area (TPSA) is 79.5 Å². The SMILES string of the molecule is Cc1nc2ncnn2c(C)c1CCC(=O)N1CCCN(c2ccc(C(F)(F)F)cn2)CC1. The van der Waals surface area contributed by atoms with Gasteiger partial charge in [0.15, 0.2) is 0 Å². The van der Waals surface area contributed by atoms with Crippen LogP contribution in [0.5, 0.6) is 0 Å². The van der Waals surface area contributed by atoms with Crippen LogP contribution < -0.4 is 4.90 Å². The van der Waals surface area contributed by atoms with E-state index in [1.807, 2.05) is 23.6 Å². The van der Waals surface area contributed by atoms with Gasteiger partial charge >= 0.3 is 6.18 Å². The maximum absolute atomic E-state index is 12.9. The number of rotatable bonds is 4. The minimum atomic E-state index is -4.40. The number of amides is 1. The van der Waals surface area contributed by atoms with Crippen molar-refractivity contribution >= 4 is 17.5 Å². The minimum Gasteiger partial charge on any atom is -0.355 e. The highest BCUT2D eigenvalue weighted by atomic mass is 19.4. The Hall–Kier alpha value is -3.24. The monoisotopic (exact) mass is 447 g/mol. The van der Waals surface area contributed by atoms with Crippen LogP contribution in [0.1, 0.15) is 35.4 Å². The van der Waals surface area contributed by atoms with Gasteiger partial charge in [-0.25, -0.2) is 14.5 Å². The summed E-state index contributed by atoms with van der Waals surface area (Å²) in [6.07, 6.45) is -0.467. The van der Waals surface area contributed by atoms with Crippen molar-refractivity contribution in [2.24, 2.45) is 0 Å². The van der Waals surface area contributed by atoms with Crippen molar-refractivity contribution in [3.05, 3.63) is 47.2 Å². The molecule has 0 bridgehead atoms. The number of hydrogen-bond donors (Lipinski definition) is 0. The molecule has 1 aliphatic heterocycles. The van der Waals surface area contributed by atoms with Gasteiger partial charge in [0.1, 0.15) is 12.1 Å². The van der Waals surface area contributed by atoms with E-state index in [-0.39, 0.29) is 5.91 Å². The van der Waals surface area contributed by atoms with E-state index in [1.54, 1.807) is 4.52 Å². The summed E-state index contributed by atoms with van der Waals surface area (Å²) in [5.41, 5.74) is 1.98. The largest absolute Gasteiger partial charge is 0.417 e. The van der Waals surface area contributed by atoms with Gasteiger partial charge < -0.3 is 9.80 Å². The van der Waals surface area contributed by atoms with E-state index in [4.69, 9.17) is 0 Å². The first-order chi connectivity index (χ1) is 15.2. The molecular weight excluding hydrogens is 423 g/mol. The number of aryl methyl sites for hydroxylation is 2. The summed E-state index contributed by atoms with van der Waals surface area (Å²) >= 11 is 0. The van der Waals surface area contributed by atoms with Crippen LogP contribution in [0.2, 0.25) is 0 Å². The van der Waals surface area contributed by atoms with Gasteiger partial charge in [-0.05, 0) is 44.4 Å². The maximum atomic E-state index is 12.9. The maximum Gasteiger partial charge on any atom is 0.417 e. The van der Waals surface area contributed by atoms with Crippen LogP contribution in [0, 0.1) is 13.8 Å². The second-order valence-corrected chi connectivity index (χ2v) is 7.86. The molecule has 11 heteroatoms. The fraction of sp³-hybridized carbons (Fsp3) is 0.476. The number of halogens is 3. The number of anilines is 1. The standard InChI is InChI=1S/C21H24F3N7O/c1-14-17(15(2)31-20(28-14)26-13-27-31)5-7-19(32)30-9-3-8-29(10-11-30)18-6-4-16(12-25-18)21(22,23)24/h4,6,12-13H,3,5,7-11H2,1-2H3. The molecule has 4 rings (SSSR count). The predicted molar refractivity (Wildman–Crippen MR) is 111 cm³/mol. The molecule has 4 heterocycles. The molecule has 170 valence electrons. The Balaban J connectivity index is 1.37. The Morgan fingerprint density at radius 1 is 1.09 bits per heavy atom. The Labute approximate surface area is 183 Å². The van der Waals surface area contributed by atoms with Gasteiger partial charge in [-0.15, -0.1) is 0 Å². The fourth-order valence-electron chi connectivity index (χ4n) is 4.04. The molecule has 0 radical (unpaired) electrons. The second kappa shape index (κ2) is 8.71. The molecule has 1 aliphatic rings. The molecule has 0 saturated carbocycles. The third-order valence-electron chi connectivity index (χ3n) is 5.83. The number of aromatic nitrogens is 5. The van der Waals surface area contributed by atoms with Crippen LogP contribution in [-0.2, 0) is 17.4 Å². The summed E-state index contributed by atoms with van der Waals surface area (Å²) in [5.74, 6) is 1.08. The van der Waals surface area contributed by atoms with Crippen molar-refractivity contribution in [3.63, 3.8) is 0 Å². The highest BCUT2D eigenvalue weighted by Gasteiger charge is 2.31. The lowest BCUT2D eigenvalue weighted by Crippen LogP contribution is -2.35. The summed E-state index contributed by atoms with van der Waals surface area (Å²) < 4.78 is 40.0. The second-order valence-electron chi connectivity index (χ2n) is 7.86. The molecule has 0 unspecified atom stereocenters. The van der Waals surface area contributed by atoms with Crippen LogP contribution in [0.15, 0.2) is 24.7 Å². The summed E-state index contributed by atoms with van der Waals surface area (Å²) in [7, 11) is 0. The molecular formula is C21H24F3N7O. The number of hydrogen-bond acceptors (Lipinski definition) is 6. The highest BCUT2D eigenvalue weighted by Crippen LogP contribution is 2.29. The van der Waals surface area contributed by atoms with Crippen molar-refractivity contribution in [3.8, 4) is 0 Å². The van der Waals surface area contributed by atoms with Gasteiger partial charge in [-0.1, -0.05) is 0 Å². The van der Waals surface area contributed by atoms with E-state index in [9.17, 15) is 18.0 Å². The van der Waals surface area contributed by atoms with Crippen LogP contribution in [0.3, 0.4) is 0 Å². The quantitative estimate of drug-likeness (QED) is 0.612. The molecule has 1 saturated heterocycles. The van der Waals surface area contributed by atoms with Crippen molar-refractivity contribution < 1.29 is 18.0 Å². The zero-order valence-electron chi connectivity index (χ0n) is 17.9. The zero-order chi connectivity index (χ0) is 22.9. The van der Waals surface area contributed by atoms with E-state index in [0.717, 1.165) is 35.6 Å². The molecule has 3 aromatic rings. The zero-order valence-corrected chi connectivity index (χ0v) is 17.9. The lowest BCUT2D eigenvalue weighted by Gasteiger charge is -2.23. The number of nitrogens with zero attached hydrogens (tertiary/aromatic N) is 7. The van der Waals surface area contributed by atoms with Crippen LogP contribution in [0.4, 0.5) is 19.0 Å². The number of carbonyl (C=O) groups is 1. The van der Waals surface area contributed by atoms with Gasteiger partial charge in [0.05, 0.1) is 5.56 Å². The molecule has 1 amide bonds. The van der Waals surface area contributed by atoms with E-state index in [2.05, 4.69) is 20.1 Å². The highest BCUT2D eigenvalue weighted by molar-refractivity contribution is 5.76. The summed E-state index contributed by atoms with van der Waals surface area (Å²) in [4.78, 5) is 29.1. The van der Waals surface area contributed by atoms with Crippen molar-refractivity contribution in [1.29, 1.82) is 0 Å². The van der Waals surface area contributed by atoms with Crippen LogP contribution >= 0.6 is 0 Å². The molecule has 8 nitrogen and oxygen atoms in total. The molecule has 0 aromatic carbocycles. The molecule has 0 atom stereocenters. The van der Waals surface area contributed by atoms with Crippen LogP contribution in [-0.4, -0.2) is 61.6 Å². The summed E-state index contributed by atoms with van der Waals surface area (Å²) in [6.45, 7) is 6.11. The van der Waals surface area contributed by atoms with Gasteiger partial charge in [0.2, 0.25) is 5.91 Å². The van der Waals surface area contributed by atoms with E-state index < -0.39 is 11.7 Å². The third-order valence-corrected chi connectivity index (χ3v) is 5.83. The third kappa shape index (κ3) is 4.51. The fourth-order valence-corrected chi connectivity index (χ4v) is 4.04. The molecule has 1 fully saturated rings. The number of fused-ring (bicyclic) bond motifs is 1. The molecule has 0 aliphatic carbocycles. The Morgan fingerprint density at radius 3 is 2.62 bits per heavy atom. The smallest absolute Gasteiger partial charge is 0.355 e. The van der Waals surface area contributed by atoms with Crippen molar-refractivity contribution in [2.45, 2.75) is 39.3 Å². The van der Waals surface area contributed by atoms with E-state index >= 15 is 0 Å². The van der Waals surface area contributed by atoms with Gasteiger partial charge in [-0.2, -0.15) is 23.3 Å². The molecule has 3 aromatic heterocycles. The molecule has 0 spiro atoms. The molecule has 0 N–H and O–H groups in total. The first-order valence-corrected chi connectivity index (χ1v) is 10.5. The van der Waals surface area contributed by atoms with E-state index in [1.165, 1.54) is 12.4 Å². The summed E-state index contributed by atoms with van der Waals surface area (Å²) in [5, 5.41) is 4.18.